The number of carbonyl (C=O) groups excluding carboxylic acids is 2. The molecule has 1 saturated carbocycles. The van der Waals surface area contributed by atoms with Gasteiger partial charge in [-0.1, -0.05) is 72.8 Å². The first-order chi connectivity index (χ1) is 14.1. The maximum Gasteiger partial charge on any atom is 0.315 e. The minimum atomic E-state index is -1.15. The zero-order chi connectivity index (χ0) is 20.4. The maximum atomic E-state index is 13.2. The predicted octanol–water partition coefficient (Wildman–Crippen LogP) is 3.46. The van der Waals surface area contributed by atoms with Gasteiger partial charge in [-0.15, -0.1) is 0 Å². The SMILES string of the molecule is Cc1cccc(OC(=O)C2[C@H](c3ccccc3)C(C(=O)[O-])[C@H]2c2ccccc2)c1. The summed E-state index contributed by atoms with van der Waals surface area (Å²) in [6, 6.07) is 25.8. The topological polar surface area (TPSA) is 66.4 Å². The molecule has 3 aromatic carbocycles. The Morgan fingerprint density at radius 1 is 0.759 bits per heavy atom. The Balaban J connectivity index is 1.72. The zero-order valence-electron chi connectivity index (χ0n) is 16.0. The molecule has 4 heteroatoms. The van der Waals surface area contributed by atoms with Crippen LogP contribution < -0.4 is 9.84 Å². The van der Waals surface area contributed by atoms with Crippen molar-refractivity contribution in [3.8, 4) is 5.75 Å². The molecular formula is C25H21O4-. The quantitative estimate of drug-likeness (QED) is 0.498. The molecule has 1 aliphatic rings. The molecule has 1 fully saturated rings. The zero-order valence-corrected chi connectivity index (χ0v) is 16.0. The van der Waals surface area contributed by atoms with Crippen LogP contribution in [-0.2, 0) is 9.59 Å². The van der Waals surface area contributed by atoms with E-state index in [4.69, 9.17) is 4.74 Å². The molecule has 0 amide bonds. The molecule has 0 aromatic heterocycles. The molecule has 29 heavy (non-hydrogen) atoms. The van der Waals surface area contributed by atoms with Gasteiger partial charge in [0.2, 0.25) is 0 Å². The smallest absolute Gasteiger partial charge is 0.315 e. The fraction of sp³-hybridized carbons (Fsp3) is 0.200. The van der Waals surface area contributed by atoms with Crippen LogP contribution in [0.25, 0.3) is 0 Å². The number of carbonyl (C=O) groups is 2. The second-order valence-electron chi connectivity index (χ2n) is 7.48. The summed E-state index contributed by atoms with van der Waals surface area (Å²) in [5.41, 5.74) is 2.59. The number of hydrogen-bond donors (Lipinski definition) is 0. The number of aliphatic carboxylic acids is 1. The van der Waals surface area contributed by atoms with Gasteiger partial charge in [0.1, 0.15) is 5.75 Å². The van der Waals surface area contributed by atoms with Crippen molar-refractivity contribution in [3.63, 3.8) is 0 Å². The van der Waals surface area contributed by atoms with Crippen LogP contribution in [0.5, 0.6) is 5.75 Å². The molecule has 0 radical (unpaired) electrons. The summed E-state index contributed by atoms with van der Waals surface area (Å²) in [5, 5.41) is 12.1. The number of rotatable bonds is 5. The van der Waals surface area contributed by atoms with Crippen LogP contribution in [0.3, 0.4) is 0 Å². The lowest BCUT2D eigenvalue weighted by molar-refractivity contribution is -0.317. The van der Waals surface area contributed by atoms with Crippen molar-refractivity contribution in [1.82, 2.24) is 0 Å². The number of benzene rings is 3. The van der Waals surface area contributed by atoms with Gasteiger partial charge in [0, 0.05) is 23.7 Å². The first kappa shape index (κ1) is 18.9. The second-order valence-corrected chi connectivity index (χ2v) is 7.48. The van der Waals surface area contributed by atoms with E-state index in [9.17, 15) is 14.7 Å². The predicted molar refractivity (Wildman–Crippen MR) is 107 cm³/mol. The van der Waals surface area contributed by atoms with Gasteiger partial charge in [0.05, 0.1) is 5.92 Å². The summed E-state index contributed by atoms with van der Waals surface area (Å²) in [5.74, 6) is -3.50. The Hall–Kier alpha value is -3.40. The van der Waals surface area contributed by atoms with Gasteiger partial charge >= 0.3 is 5.97 Å². The van der Waals surface area contributed by atoms with Crippen LogP contribution in [0.2, 0.25) is 0 Å². The number of carboxylic acid groups (broad SMARTS) is 1. The monoisotopic (exact) mass is 385 g/mol. The minimum absolute atomic E-state index is 0.421. The number of esters is 1. The van der Waals surface area contributed by atoms with E-state index in [0.717, 1.165) is 16.7 Å². The summed E-state index contributed by atoms with van der Waals surface area (Å²) < 4.78 is 5.68. The number of ether oxygens (including phenoxy) is 1. The van der Waals surface area contributed by atoms with E-state index in [-0.39, 0.29) is 0 Å². The maximum absolute atomic E-state index is 13.2. The molecule has 0 unspecified atom stereocenters. The molecule has 0 heterocycles. The number of carboxylic acids is 1. The van der Waals surface area contributed by atoms with E-state index < -0.39 is 35.6 Å². The summed E-state index contributed by atoms with van der Waals surface area (Å²) >= 11 is 0. The molecule has 4 rings (SSSR count). The fourth-order valence-corrected chi connectivity index (χ4v) is 4.38. The molecule has 146 valence electrons. The normalized spacial score (nSPS) is 23.1. The molecule has 1 aliphatic carbocycles. The first-order valence-electron chi connectivity index (χ1n) is 9.65. The Kier molecular flexibility index (Phi) is 5.17. The average Bonchev–Trinajstić information content (AvgIpc) is 2.68. The Bertz CT molecular complexity index is 966. The molecule has 0 N–H and O–H groups in total. The van der Waals surface area contributed by atoms with Crippen molar-refractivity contribution in [3.05, 3.63) is 102 Å². The first-order valence-corrected chi connectivity index (χ1v) is 9.65. The summed E-state index contributed by atoms with van der Waals surface area (Å²) in [7, 11) is 0. The van der Waals surface area contributed by atoms with E-state index >= 15 is 0 Å². The van der Waals surface area contributed by atoms with Gasteiger partial charge in [-0.05, 0) is 35.7 Å². The molecule has 0 bridgehead atoms. The number of aryl methyl sites for hydroxylation is 1. The standard InChI is InChI=1S/C25H22O4/c1-16-9-8-14-19(15-16)29-25(28)23-20(17-10-4-2-5-11-17)22(24(26)27)21(23)18-12-6-3-7-13-18/h2-15,20-23H,1H3,(H,26,27)/p-1/t20-,21-,22?,23?/m1/s1. The van der Waals surface area contributed by atoms with Crippen molar-refractivity contribution < 1.29 is 19.4 Å². The van der Waals surface area contributed by atoms with E-state index in [1.165, 1.54) is 0 Å². The Labute approximate surface area is 169 Å². The summed E-state index contributed by atoms with van der Waals surface area (Å²) in [4.78, 5) is 25.3. The molecule has 2 atom stereocenters. The van der Waals surface area contributed by atoms with Crippen molar-refractivity contribution >= 4 is 11.9 Å². The highest BCUT2D eigenvalue weighted by Gasteiger charge is 2.56. The lowest BCUT2D eigenvalue weighted by atomic mass is 9.52. The Morgan fingerprint density at radius 2 is 1.31 bits per heavy atom. The Morgan fingerprint density at radius 3 is 1.79 bits per heavy atom. The van der Waals surface area contributed by atoms with Gasteiger partial charge < -0.3 is 14.6 Å². The van der Waals surface area contributed by atoms with Gasteiger partial charge in [0.15, 0.2) is 0 Å². The third-order valence-corrected chi connectivity index (χ3v) is 5.67. The van der Waals surface area contributed by atoms with E-state index in [0.29, 0.717) is 5.75 Å². The van der Waals surface area contributed by atoms with E-state index in [1.807, 2.05) is 79.7 Å². The second kappa shape index (κ2) is 7.92. The van der Waals surface area contributed by atoms with Crippen LogP contribution in [0, 0.1) is 18.8 Å². The van der Waals surface area contributed by atoms with Gasteiger partial charge in [-0.2, -0.15) is 0 Å². The molecule has 0 spiro atoms. The van der Waals surface area contributed by atoms with Gasteiger partial charge in [-0.25, -0.2) is 0 Å². The molecule has 4 nitrogen and oxygen atoms in total. The van der Waals surface area contributed by atoms with Crippen LogP contribution in [0.4, 0.5) is 0 Å². The third kappa shape index (κ3) is 3.66. The van der Waals surface area contributed by atoms with Crippen LogP contribution in [0.15, 0.2) is 84.9 Å². The molecular weight excluding hydrogens is 364 g/mol. The molecule has 0 aliphatic heterocycles. The van der Waals surface area contributed by atoms with Crippen molar-refractivity contribution in [2.75, 3.05) is 0 Å². The highest BCUT2D eigenvalue weighted by Crippen LogP contribution is 2.57. The molecule has 0 saturated heterocycles. The molecule has 3 aromatic rings. The van der Waals surface area contributed by atoms with Gasteiger partial charge in [-0.3, -0.25) is 4.79 Å². The minimum Gasteiger partial charge on any atom is -0.550 e. The lowest BCUT2D eigenvalue weighted by Gasteiger charge is -2.51. The summed E-state index contributed by atoms with van der Waals surface area (Å²) in [6.45, 7) is 1.92. The highest BCUT2D eigenvalue weighted by molar-refractivity contribution is 5.85. The van der Waals surface area contributed by atoms with Crippen molar-refractivity contribution in [1.29, 1.82) is 0 Å². The van der Waals surface area contributed by atoms with Crippen LogP contribution >= 0.6 is 0 Å². The van der Waals surface area contributed by atoms with Gasteiger partial charge in [0.25, 0.3) is 0 Å². The van der Waals surface area contributed by atoms with Crippen LogP contribution in [-0.4, -0.2) is 11.9 Å². The largest absolute Gasteiger partial charge is 0.550 e. The lowest BCUT2D eigenvalue weighted by Crippen LogP contribution is -2.55. The average molecular weight is 385 g/mol. The number of hydrogen-bond acceptors (Lipinski definition) is 4. The van der Waals surface area contributed by atoms with E-state index in [1.54, 1.807) is 12.1 Å². The van der Waals surface area contributed by atoms with Crippen molar-refractivity contribution in [2.45, 2.75) is 18.8 Å². The fourth-order valence-electron chi connectivity index (χ4n) is 4.38. The van der Waals surface area contributed by atoms with Crippen LogP contribution in [0.1, 0.15) is 28.5 Å². The van der Waals surface area contributed by atoms with Crippen molar-refractivity contribution in [2.24, 2.45) is 11.8 Å². The third-order valence-electron chi connectivity index (χ3n) is 5.67. The summed E-state index contributed by atoms with van der Waals surface area (Å²) in [6.07, 6.45) is 0. The van der Waals surface area contributed by atoms with E-state index in [2.05, 4.69) is 0 Å². The highest BCUT2D eigenvalue weighted by atomic mass is 16.5.